The lowest BCUT2D eigenvalue weighted by atomic mass is 10.2. The highest BCUT2D eigenvalue weighted by Crippen LogP contribution is 2.10. The lowest BCUT2D eigenvalue weighted by Gasteiger charge is -2.20. The van der Waals surface area contributed by atoms with E-state index >= 15 is 0 Å². The maximum absolute atomic E-state index is 13.1. The van der Waals surface area contributed by atoms with Crippen LogP contribution in [0.5, 0.6) is 0 Å². The van der Waals surface area contributed by atoms with Crippen molar-refractivity contribution in [2.24, 2.45) is 4.99 Å². The average Bonchev–Trinajstić information content (AvgIpc) is 3.61. The topological polar surface area (TPSA) is 203 Å². The number of carbonyl (C=O) groups is 4. The number of aliphatic imine (C=N–C) groups is 1. The van der Waals surface area contributed by atoms with E-state index in [2.05, 4.69) is 31.0 Å². The highest BCUT2D eigenvalue weighted by atomic mass is 32.2. The van der Waals surface area contributed by atoms with Gasteiger partial charge in [-0.05, 0) is 50.3 Å². The van der Waals surface area contributed by atoms with E-state index in [1.807, 2.05) is 12.1 Å². The summed E-state index contributed by atoms with van der Waals surface area (Å²) < 4.78 is 43.7. The van der Waals surface area contributed by atoms with Crippen LogP contribution < -0.4 is 26.0 Å². The van der Waals surface area contributed by atoms with Crippen molar-refractivity contribution in [1.82, 2.24) is 26.0 Å². The predicted octanol–water partition coefficient (Wildman–Crippen LogP) is 1.69. The summed E-state index contributed by atoms with van der Waals surface area (Å²) in [7, 11) is -4.07. The molecule has 1 unspecified atom stereocenters. The van der Waals surface area contributed by atoms with Crippen LogP contribution in [0.3, 0.4) is 0 Å². The average molecular weight is 675 g/mol. The van der Waals surface area contributed by atoms with Crippen molar-refractivity contribution < 1.29 is 41.8 Å². The second-order valence-electron chi connectivity index (χ2n) is 10.4. The van der Waals surface area contributed by atoms with E-state index in [0.29, 0.717) is 13.0 Å². The largest absolute Gasteiger partial charge is 0.465 e. The Labute approximate surface area is 274 Å². The Balaban J connectivity index is 1.63. The Morgan fingerprint density at radius 1 is 0.915 bits per heavy atom. The zero-order chi connectivity index (χ0) is 33.9. The first-order valence-electron chi connectivity index (χ1n) is 15.3. The van der Waals surface area contributed by atoms with E-state index < -0.39 is 46.0 Å². The molecule has 1 aliphatic rings. The summed E-state index contributed by atoms with van der Waals surface area (Å²) >= 11 is 0. The first-order valence-corrected chi connectivity index (χ1v) is 16.9. The van der Waals surface area contributed by atoms with E-state index in [4.69, 9.17) is 14.2 Å². The van der Waals surface area contributed by atoms with Gasteiger partial charge in [-0.1, -0.05) is 60.7 Å². The third-order valence-electron chi connectivity index (χ3n) is 6.86. The summed E-state index contributed by atoms with van der Waals surface area (Å²) in [4.78, 5) is 53.6. The molecule has 3 rings (SSSR count). The molecule has 1 saturated heterocycles. The molecule has 15 nitrogen and oxygen atoms in total. The molecular formula is C31H42N6O9S. The van der Waals surface area contributed by atoms with Crippen LogP contribution in [-0.4, -0.2) is 82.5 Å². The van der Waals surface area contributed by atoms with Crippen LogP contribution in [0.4, 0.5) is 9.59 Å². The number of ether oxygens (including phenoxy) is 3. The molecule has 1 heterocycles. The fourth-order valence-corrected chi connectivity index (χ4v) is 5.77. The number of sulfonamides is 1. The first-order chi connectivity index (χ1) is 22.7. The number of rotatable bonds is 16. The molecule has 0 radical (unpaired) electrons. The fourth-order valence-electron chi connectivity index (χ4n) is 4.43. The number of amides is 3. The van der Waals surface area contributed by atoms with E-state index in [-0.39, 0.29) is 57.6 Å². The Bertz CT molecular complexity index is 1380. The maximum Gasteiger partial charge on any atom is 0.414 e. The molecule has 1 aliphatic heterocycles. The van der Waals surface area contributed by atoms with Gasteiger partial charge in [-0.25, -0.2) is 22.7 Å². The molecule has 5 N–H and O–H groups in total. The van der Waals surface area contributed by atoms with Gasteiger partial charge < -0.3 is 24.8 Å². The summed E-state index contributed by atoms with van der Waals surface area (Å²) in [6.45, 7) is 1.54. The molecule has 0 bridgehead atoms. The van der Waals surface area contributed by atoms with E-state index in [1.54, 1.807) is 55.5 Å². The number of esters is 1. The fraction of sp³-hybridized carbons (Fsp3) is 0.452. The van der Waals surface area contributed by atoms with Crippen LogP contribution in [0.1, 0.15) is 43.7 Å². The number of carbonyl (C=O) groups excluding carboxylic acids is 4. The Kier molecular flexibility index (Phi) is 15.6. The quantitative estimate of drug-likeness (QED) is 0.0573. The molecule has 16 heteroatoms. The summed E-state index contributed by atoms with van der Waals surface area (Å²) in [5, 5.41) is 9.39. The highest BCUT2D eigenvalue weighted by Gasteiger charge is 2.28. The standard InChI is InChI=1S/C31H42N6O9S/c1-2-44-27(38)20-35-47(42,43)25(19-34-28(39)26-16-10-17-32-26)15-9-18-33-29(36-30(40)45-21-23-11-5-3-6-12-23)37-31(41)46-22-24-13-7-4-8-14-24/h3-8,11-14,25-26,32,35H,2,9-10,15-22H2,1H3,(H,34,39)(H2,33,36,37,40,41)/t25?,26-/m0/s1. The third-order valence-corrected chi connectivity index (χ3v) is 8.69. The molecule has 0 saturated carbocycles. The first kappa shape index (κ1) is 36.9. The molecule has 256 valence electrons. The third kappa shape index (κ3) is 14.2. The molecule has 2 aromatic carbocycles. The van der Waals surface area contributed by atoms with Crippen LogP contribution in [0.15, 0.2) is 65.7 Å². The van der Waals surface area contributed by atoms with Crippen LogP contribution >= 0.6 is 0 Å². The van der Waals surface area contributed by atoms with E-state index in [9.17, 15) is 27.6 Å². The van der Waals surface area contributed by atoms with Crippen LogP contribution in [-0.2, 0) is 47.0 Å². The normalized spacial score (nSPS) is 14.7. The number of nitrogens with zero attached hydrogens (tertiary/aromatic N) is 1. The number of guanidine groups is 1. The van der Waals surface area contributed by atoms with Crippen molar-refractivity contribution in [3.8, 4) is 0 Å². The molecule has 2 aromatic rings. The predicted molar refractivity (Wildman–Crippen MR) is 172 cm³/mol. The molecule has 47 heavy (non-hydrogen) atoms. The van der Waals surface area contributed by atoms with Gasteiger partial charge in [-0.2, -0.15) is 0 Å². The van der Waals surface area contributed by atoms with Gasteiger partial charge in [0.2, 0.25) is 21.9 Å². The zero-order valence-corrected chi connectivity index (χ0v) is 27.1. The Hall–Kier alpha value is -4.54. The van der Waals surface area contributed by atoms with Gasteiger partial charge in [0.1, 0.15) is 19.8 Å². The second-order valence-corrected chi connectivity index (χ2v) is 12.5. The minimum Gasteiger partial charge on any atom is -0.465 e. The molecule has 3 amide bonds. The molecular weight excluding hydrogens is 632 g/mol. The number of hydrogen-bond donors (Lipinski definition) is 5. The van der Waals surface area contributed by atoms with Crippen molar-refractivity contribution in [3.05, 3.63) is 71.8 Å². The molecule has 2 atom stereocenters. The maximum atomic E-state index is 13.1. The molecule has 0 aliphatic carbocycles. The highest BCUT2D eigenvalue weighted by molar-refractivity contribution is 7.90. The van der Waals surface area contributed by atoms with Gasteiger partial charge in [0.15, 0.2) is 0 Å². The van der Waals surface area contributed by atoms with Crippen LogP contribution in [0, 0.1) is 0 Å². The van der Waals surface area contributed by atoms with Gasteiger partial charge in [-0.3, -0.25) is 25.2 Å². The minimum atomic E-state index is -4.07. The smallest absolute Gasteiger partial charge is 0.414 e. The lowest BCUT2D eigenvalue weighted by molar-refractivity contribution is -0.141. The van der Waals surface area contributed by atoms with Crippen molar-refractivity contribution in [1.29, 1.82) is 0 Å². The monoisotopic (exact) mass is 674 g/mol. The summed E-state index contributed by atoms with van der Waals surface area (Å²) in [6.07, 6.45) is -0.116. The molecule has 0 spiro atoms. The Morgan fingerprint density at radius 2 is 1.51 bits per heavy atom. The van der Waals surface area contributed by atoms with Crippen molar-refractivity contribution in [2.75, 3.05) is 32.8 Å². The number of alkyl carbamates (subject to hydrolysis) is 2. The van der Waals surface area contributed by atoms with E-state index in [1.165, 1.54) is 0 Å². The van der Waals surface area contributed by atoms with Gasteiger partial charge >= 0.3 is 18.2 Å². The van der Waals surface area contributed by atoms with Gasteiger partial charge in [0, 0.05) is 13.1 Å². The molecule has 1 fully saturated rings. The number of benzene rings is 2. The minimum absolute atomic E-state index is 0.0181. The summed E-state index contributed by atoms with van der Waals surface area (Å²) in [5.74, 6) is -1.31. The number of nitrogens with one attached hydrogen (secondary N) is 5. The van der Waals surface area contributed by atoms with Crippen molar-refractivity contribution in [3.63, 3.8) is 0 Å². The zero-order valence-electron chi connectivity index (χ0n) is 26.2. The Morgan fingerprint density at radius 3 is 2.04 bits per heavy atom. The summed E-state index contributed by atoms with van der Waals surface area (Å²) in [5.41, 5.74) is 1.49. The second kappa shape index (κ2) is 19.9. The van der Waals surface area contributed by atoms with Crippen LogP contribution in [0.25, 0.3) is 0 Å². The SMILES string of the molecule is CCOC(=O)CNS(=O)(=O)C(CCCN=C(NC(=O)OCc1ccccc1)NC(=O)OCc1ccccc1)CNC(=O)[C@@H]1CCCN1. The van der Waals surface area contributed by atoms with Gasteiger partial charge in [-0.15, -0.1) is 0 Å². The van der Waals surface area contributed by atoms with Crippen LogP contribution in [0.2, 0.25) is 0 Å². The number of hydrogen-bond acceptors (Lipinski definition) is 11. The van der Waals surface area contributed by atoms with Gasteiger partial charge in [0.25, 0.3) is 0 Å². The van der Waals surface area contributed by atoms with E-state index in [0.717, 1.165) is 17.5 Å². The lowest BCUT2D eigenvalue weighted by Crippen LogP contribution is -2.47. The van der Waals surface area contributed by atoms with Gasteiger partial charge in [0.05, 0.1) is 17.9 Å². The summed E-state index contributed by atoms with van der Waals surface area (Å²) in [6, 6.07) is 17.5. The molecule has 0 aromatic heterocycles. The van der Waals surface area contributed by atoms with Crippen molar-refractivity contribution in [2.45, 2.75) is 57.1 Å². The van der Waals surface area contributed by atoms with Crippen molar-refractivity contribution >= 4 is 40.0 Å².